The van der Waals surface area contributed by atoms with Crippen LogP contribution in [0.4, 0.5) is 4.39 Å². The number of aromatic hydroxyl groups is 1. The zero-order valence-corrected chi connectivity index (χ0v) is 23.8. The van der Waals surface area contributed by atoms with Crippen LogP contribution in [-0.4, -0.2) is 87.0 Å². The number of phenolic OH excluding ortho intramolecular Hbond substituents is 1. The third kappa shape index (κ3) is 4.22. The standard InChI is InChI=1S/C31H34FN3O7/c1-5-35(4)13-16-10-14(6-8-20(16)32)17-7-9-21(36)23-18(17)11-15-12-19-25(34(2)3)27(38)24(30(33)41)29(40)31(19,42)28(39)22(15)26(23)37/h6-10,15,19,25,36-37,40,42H,5,11-13H2,1-4H3,(H2,33,41)/t15-,19-,25-,31-/m0/s1. The Morgan fingerprint density at radius 1 is 1.12 bits per heavy atom. The minimum atomic E-state index is -2.70. The smallest absolute Gasteiger partial charge is 0.255 e. The van der Waals surface area contributed by atoms with E-state index in [0.717, 1.165) is 0 Å². The van der Waals surface area contributed by atoms with Crippen molar-refractivity contribution in [3.63, 3.8) is 0 Å². The van der Waals surface area contributed by atoms with E-state index < -0.39 is 58.0 Å². The zero-order chi connectivity index (χ0) is 30.8. The van der Waals surface area contributed by atoms with E-state index in [1.54, 1.807) is 32.3 Å². The monoisotopic (exact) mass is 579 g/mol. The number of Topliss-reactive ketones (excluding diaryl/α,β-unsaturated/α-hetero) is 2. The van der Waals surface area contributed by atoms with Gasteiger partial charge in [-0.1, -0.05) is 19.1 Å². The van der Waals surface area contributed by atoms with Gasteiger partial charge in [-0.15, -0.1) is 0 Å². The van der Waals surface area contributed by atoms with Crippen LogP contribution in [0, 0.1) is 17.7 Å². The molecule has 222 valence electrons. The Kier molecular flexibility index (Phi) is 7.24. The quantitative estimate of drug-likeness (QED) is 0.323. The van der Waals surface area contributed by atoms with E-state index in [4.69, 9.17) is 5.73 Å². The molecule has 6 N–H and O–H groups in total. The molecule has 0 aromatic heterocycles. The number of likely N-dealkylation sites (N-methyl/N-ethyl adjacent to an activating group) is 1. The molecule has 0 saturated heterocycles. The van der Waals surface area contributed by atoms with Crippen LogP contribution in [0.25, 0.3) is 16.9 Å². The molecule has 10 nitrogen and oxygen atoms in total. The molecule has 4 atom stereocenters. The molecule has 5 rings (SSSR count). The first-order valence-electron chi connectivity index (χ1n) is 13.7. The number of hydrogen-bond acceptors (Lipinski definition) is 9. The van der Waals surface area contributed by atoms with Gasteiger partial charge in [-0.3, -0.25) is 19.3 Å². The number of aliphatic hydroxyl groups excluding tert-OH is 2. The number of ketones is 2. The number of aliphatic hydroxyl groups is 3. The van der Waals surface area contributed by atoms with Gasteiger partial charge in [0.1, 0.15) is 28.7 Å². The largest absolute Gasteiger partial charge is 0.508 e. The van der Waals surface area contributed by atoms with Crippen molar-refractivity contribution in [2.24, 2.45) is 17.6 Å². The molecule has 1 saturated carbocycles. The van der Waals surface area contributed by atoms with Crippen LogP contribution in [-0.2, 0) is 27.3 Å². The van der Waals surface area contributed by atoms with E-state index in [1.165, 1.54) is 17.0 Å². The molecule has 3 aliphatic rings. The zero-order valence-electron chi connectivity index (χ0n) is 23.8. The van der Waals surface area contributed by atoms with Crippen LogP contribution in [0.2, 0.25) is 0 Å². The number of nitrogens with zero attached hydrogens (tertiary/aromatic N) is 2. The number of primary amides is 1. The summed E-state index contributed by atoms with van der Waals surface area (Å²) in [7, 11) is 4.97. The molecule has 11 heteroatoms. The number of nitrogens with two attached hydrogens (primary N) is 1. The summed E-state index contributed by atoms with van der Waals surface area (Å²) in [6.45, 7) is 3.04. The number of rotatable bonds is 6. The van der Waals surface area contributed by atoms with Gasteiger partial charge < -0.3 is 31.1 Å². The van der Waals surface area contributed by atoms with Crippen molar-refractivity contribution in [2.75, 3.05) is 27.7 Å². The normalized spacial score (nSPS) is 25.6. The number of halogens is 1. The minimum absolute atomic E-state index is 0.0136. The topological polar surface area (TPSA) is 165 Å². The minimum Gasteiger partial charge on any atom is -0.508 e. The van der Waals surface area contributed by atoms with Crippen LogP contribution in [0.5, 0.6) is 5.75 Å². The Hall–Kier alpha value is -4.06. The van der Waals surface area contributed by atoms with Crippen LogP contribution >= 0.6 is 0 Å². The molecule has 2 aromatic rings. The molecular weight excluding hydrogens is 545 g/mol. The fourth-order valence-electron chi connectivity index (χ4n) is 6.78. The number of benzene rings is 2. The number of phenols is 1. The van der Waals surface area contributed by atoms with Gasteiger partial charge in [-0.25, -0.2) is 4.39 Å². The maximum Gasteiger partial charge on any atom is 0.255 e. The lowest BCUT2D eigenvalue weighted by Crippen LogP contribution is -2.65. The molecule has 42 heavy (non-hydrogen) atoms. The fraction of sp³-hybridized carbons (Fsp3) is 0.387. The molecule has 0 unspecified atom stereocenters. The van der Waals surface area contributed by atoms with Gasteiger partial charge in [-0.05, 0) is 81.3 Å². The Balaban J connectivity index is 1.69. The lowest BCUT2D eigenvalue weighted by molar-refractivity contribution is -0.153. The Bertz CT molecular complexity index is 1600. The first-order chi connectivity index (χ1) is 19.7. The highest BCUT2D eigenvalue weighted by atomic mass is 19.1. The second-order valence-corrected chi connectivity index (χ2v) is 11.6. The molecule has 3 aliphatic carbocycles. The molecule has 0 radical (unpaired) electrons. The highest BCUT2D eigenvalue weighted by Gasteiger charge is 2.64. The van der Waals surface area contributed by atoms with Gasteiger partial charge in [0.15, 0.2) is 11.4 Å². The van der Waals surface area contributed by atoms with Crippen molar-refractivity contribution < 1.29 is 39.2 Å². The van der Waals surface area contributed by atoms with Gasteiger partial charge in [0.25, 0.3) is 5.91 Å². The van der Waals surface area contributed by atoms with E-state index in [9.17, 15) is 39.2 Å². The van der Waals surface area contributed by atoms with Crippen molar-refractivity contribution in [2.45, 2.75) is 38.0 Å². The van der Waals surface area contributed by atoms with Crippen molar-refractivity contribution in [1.29, 1.82) is 0 Å². The average Bonchev–Trinajstić information content (AvgIpc) is 2.91. The summed E-state index contributed by atoms with van der Waals surface area (Å²) >= 11 is 0. The fourth-order valence-corrected chi connectivity index (χ4v) is 6.78. The maximum absolute atomic E-state index is 14.7. The summed E-state index contributed by atoms with van der Waals surface area (Å²) in [5.74, 6) is -7.42. The molecule has 1 fully saturated rings. The molecule has 0 spiro atoms. The highest BCUT2D eigenvalue weighted by Crippen LogP contribution is 2.53. The van der Waals surface area contributed by atoms with Crippen molar-refractivity contribution in [3.8, 4) is 16.9 Å². The summed E-state index contributed by atoms with van der Waals surface area (Å²) in [4.78, 5) is 42.8. The first-order valence-corrected chi connectivity index (χ1v) is 13.7. The average molecular weight is 580 g/mol. The molecular formula is C31H34FN3O7. The van der Waals surface area contributed by atoms with Crippen LogP contribution in [0.1, 0.15) is 30.0 Å². The van der Waals surface area contributed by atoms with Gasteiger partial charge in [-0.2, -0.15) is 0 Å². The molecule has 0 bridgehead atoms. The Morgan fingerprint density at radius 3 is 2.43 bits per heavy atom. The SMILES string of the molecule is CCN(C)Cc1cc(-c2ccc(O)c3c2C[C@H]2C[C@H]4[C@H](N(C)C)C(=O)C(C(N)=O)=C(O)[C@@]4(O)C(=O)C2=C3O)ccc1F. The summed E-state index contributed by atoms with van der Waals surface area (Å²) in [5.41, 5.74) is 3.82. The number of amides is 1. The van der Waals surface area contributed by atoms with Crippen LogP contribution in [0.3, 0.4) is 0 Å². The highest BCUT2D eigenvalue weighted by molar-refractivity contribution is 6.24. The van der Waals surface area contributed by atoms with E-state index in [1.807, 2.05) is 18.9 Å². The molecule has 0 aliphatic heterocycles. The van der Waals surface area contributed by atoms with Gasteiger partial charge >= 0.3 is 0 Å². The second-order valence-electron chi connectivity index (χ2n) is 11.6. The van der Waals surface area contributed by atoms with E-state index in [0.29, 0.717) is 35.3 Å². The summed E-state index contributed by atoms with van der Waals surface area (Å²) in [6.07, 6.45) is 0.122. The van der Waals surface area contributed by atoms with Crippen molar-refractivity contribution >= 4 is 23.2 Å². The van der Waals surface area contributed by atoms with Crippen LogP contribution in [0.15, 0.2) is 47.2 Å². The van der Waals surface area contributed by atoms with E-state index in [2.05, 4.69) is 0 Å². The van der Waals surface area contributed by atoms with Crippen LogP contribution < -0.4 is 5.73 Å². The van der Waals surface area contributed by atoms with Crippen molar-refractivity contribution in [3.05, 3.63) is 69.7 Å². The van der Waals surface area contributed by atoms with E-state index in [-0.39, 0.29) is 35.5 Å². The second kappa shape index (κ2) is 10.3. The number of carbonyl (C=O) groups excluding carboxylic acids is 3. The number of carbonyl (C=O) groups is 3. The summed E-state index contributed by atoms with van der Waals surface area (Å²) in [6, 6.07) is 6.54. The maximum atomic E-state index is 14.7. The Labute approximate surface area is 242 Å². The van der Waals surface area contributed by atoms with Gasteiger partial charge in [0.2, 0.25) is 5.78 Å². The number of hydrogen-bond donors (Lipinski definition) is 5. The lowest BCUT2D eigenvalue weighted by atomic mass is 9.57. The molecule has 0 heterocycles. The van der Waals surface area contributed by atoms with Gasteiger partial charge in [0, 0.05) is 23.6 Å². The molecule has 2 aromatic carbocycles. The first kappa shape index (κ1) is 29.4. The Morgan fingerprint density at radius 2 is 1.81 bits per heavy atom. The third-order valence-electron chi connectivity index (χ3n) is 8.94. The number of fused-ring (bicyclic) bond motifs is 3. The summed E-state index contributed by atoms with van der Waals surface area (Å²) in [5, 5.41) is 45.0. The summed E-state index contributed by atoms with van der Waals surface area (Å²) < 4.78 is 14.7. The lowest BCUT2D eigenvalue weighted by Gasteiger charge is -2.50. The predicted octanol–water partition coefficient (Wildman–Crippen LogP) is 2.22. The van der Waals surface area contributed by atoms with Gasteiger partial charge in [0.05, 0.1) is 11.6 Å². The predicted molar refractivity (Wildman–Crippen MR) is 152 cm³/mol. The van der Waals surface area contributed by atoms with E-state index >= 15 is 0 Å². The third-order valence-corrected chi connectivity index (χ3v) is 8.94. The molecule has 1 amide bonds. The van der Waals surface area contributed by atoms with Crippen molar-refractivity contribution in [1.82, 2.24) is 9.80 Å².